The smallest absolute Gasteiger partial charge is 0.412 e. The highest BCUT2D eigenvalue weighted by atomic mass is 16.7. The molecular weight excluding hydrogens is 911 g/mol. The van der Waals surface area contributed by atoms with Gasteiger partial charge in [-0.2, -0.15) is 0 Å². The lowest BCUT2D eigenvalue weighted by atomic mass is 9.55. The van der Waals surface area contributed by atoms with Gasteiger partial charge in [0, 0.05) is 50.1 Å². The number of oxime groups is 1. The maximum absolute atomic E-state index is 15.1. The van der Waals surface area contributed by atoms with Crippen LogP contribution in [0.4, 0.5) is 4.79 Å². The number of carbonyl (C=O) groups is 2. The number of ether oxygens (including phenoxy) is 5. The number of hydrogen-bond donors (Lipinski definition) is 3. The summed E-state index contributed by atoms with van der Waals surface area (Å²) in [6, 6.07) is 20.7. The van der Waals surface area contributed by atoms with Gasteiger partial charge in [-0.15, -0.1) is 6.58 Å². The fourth-order valence-corrected chi connectivity index (χ4v) is 11.6. The fourth-order valence-electron chi connectivity index (χ4n) is 11.6. The number of carbonyl (C=O) groups excluding carboxylic acids is 2. The molecule has 0 aromatic heterocycles. The summed E-state index contributed by atoms with van der Waals surface area (Å²) in [5.74, 6) is -0.00978. The van der Waals surface area contributed by atoms with Crippen LogP contribution in [0.25, 0.3) is 0 Å². The summed E-state index contributed by atoms with van der Waals surface area (Å²) in [6.45, 7) is 7.83. The van der Waals surface area contributed by atoms with Gasteiger partial charge >= 0.3 is 6.09 Å². The number of nitrogens with zero attached hydrogens (tertiary/aromatic N) is 2. The van der Waals surface area contributed by atoms with Crippen LogP contribution in [0.3, 0.4) is 0 Å². The third-order valence-corrected chi connectivity index (χ3v) is 15.3. The van der Waals surface area contributed by atoms with Crippen molar-refractivity contribution in [2.75, 3.05) is 33.2 Å². The molecule has 3 aromatic rings. The SMILES string of the molecule is C=CCOC12Oc3ccc(OC(=O)NCCCCCCCCCCCC)cc3C3C(CCCCO)C(CCCCO)C=C(C(=NOCc4ccccc4)CC1N(Cc1ccc4c(c1)OCO4)C(=O)C1CC1)C32. The lowest BCUT2D eigenvalue weighted by Gasteiger charge is -2.60. The maximum Gasteiger partial charge on any atom is 0.412 e. The van der Waals surface area contributed by atoms with E-state index in [2.05, 4.69) is 24.9 Å². The van der Waals surface area contributed by atoms with Crippen molar-refractivity contribution < 1.29 is 48.3 Å². The first-order chi connectivity index (χ1) is 35.4. The molecule has 2 fully saturated rings. The van der Waals surface area contributed by atoms with E-state index in [9.17, 15) is 15.0 Å². The molecule has 6 unspecified atom stereocenters. The number of rotatable bonds is 30. The van der Waals surface area contributed by atoms with Crippen LogP contribution in [-0.4, -0.2) is 77.8 Å². The highest BCUT2D eigenvalue weighted by molar-refractivity contribution is 6.03. The summed E-state index contributed by atoms with van der Waals surface area (Å²) < 4.78 is 32.3. The zero-order chi connectivity index (χ0) is 50.1. The van der Waals surface area contributed by atoms with Crippen molar-refractivity contribution in [1.82, 2.24) is 10.2 Å². The predicted octanol–water partition coefficient (Wildman–Crippen LogP) is 11.7. The van der Waals surface area contributed by atoms with Crippen LogP contribution in [0.5, 0.6) is 23.0 Å². The van der Waals surface area contributed by atoms with Crippen LogP contribution in [0.1, 0.15) is 152 Å². The van der Waals surface area contributed by atoms with Gasteiger partial charge < -0.3 is 49.0 Å². The molecule has 6 atom stereocenters. The zero-order valence-electron chi connectivity index (χ0n) is 42.6. The second-order valence-electron chi connectivity index (χ2n) is 20.5. The second-order valence-corrected chi connectivity index (χ2v) is 20.5. The molecule has 0 saturated heterocycles. The molecule has 390 valence electrons. The first kappa shape index (κ1) is 52.9. The van der Waals surface area contributed by atoms with E-state index in [1.54, 1.807) is 12.1 Å². The van der Waals surface area contributed by atoms with Crippen molar-refractivity contribution in [3.8, 4) is 23.0 Å². The van der Waals surface area contributed by atoms with Crippen LogP contribution in [0.15, 0.2) is 96.2 Å². The summed E-state index contributed by atoms with van der Waals surface area (Å²) in [5, 5.41) is 28.1. The Kier molecular flexibility index (Phi) is 19.5. The highest BCUT2D eigenvalue weighted by Crippen LogP contribution is 2.62. The van der Waals surface area contributed by atoms with Crippen LogP contribution in [-0.2, 0) is 27.5 Å². The number of amides is 2. The normalized spacial score (nSPS) is 23.1. The summed E-state index contributed by atoms with van der Waals surface area (Å²) in [4.78, 5) is 36.8. The monoisotopic (exact) mass is 990 g/mol. The minimum atomic E-state index is -1.43. The summed E-state index contributed by atoms with van der Waals surface area (Å²) >= 11 is 0. The standard InChI is InChI=1S/C59H79N3O10/c1-3-5-6-7-8-9-10-11-12-18-31-60-58(66)71-46-28-30-51-49(37-46)55-47(24-17-20-33-64)45(23-16-19-32-63)36-48-50(61-70-40-42-21-14-13-15-22-42)38-54(59(72-51,56(48)55)69-34-4-2)62(57(65)44-26-27-44)39-43-25-29-52-53(35-43)68-41-67-52/h4,13-15,21-22,25,28-30,35-37,44-45,47,54-56,63-64H,2-3,5-12,16-20,23-24,26-27,31-34,38-41H2,1H3,(H,60,66). The molecule has 0 spiro atoms. The van der Waals surface area contributed by atoms with Gasteiger partial charge in [0.2, 0.25) is 18.5 Å². The third-order valence-electron chi connectivity index (χ3n) is 15.3. The molecular formula is C59H79N3O10. The molecule has 72 heavy (non-hydrogen) atoms. The Balaban J connectivity index is 1.17. The molecule has 2 heterocycles. The van der Waals surface area contributed by atoms with E-state index in [-0.39, 0.29) is 75.8 Å². The predicted molar refractivity (Wildman–Crippen MR) is 278 cm³/mol. The second kappa shape index (κ2) is 26.5. The Labute approximate surface area is 427 Å². The van der Waals surface area contributed by atoms with Crippen LogP contribution >= 0.6 is 0 Å². The van der Waals surface area contributed by atoms with Gasteiger partial charge in [0.1, 0.15) is 24.1 Å². The molecule has 0 bridgehead atoms. The van der Waals surface area contributed by atoms with Crippen molar-refractivity contribution in [3.63, 3.8) is 0 Å². The summed E-state index contributed by atoms with van der Waals surface area (Å²) in [6.07, 6.45) is 22.0. The minimum Gasteiger partial charge on any atom is -0.459 e. The fraction of sp³-hybridized carbons (Fsp3) is 0.576. The van der Waals surface area contributed by atoms with Crippen molar-refractivity contribution in [2.24, 2.45) is 28.8 Å². The van der Waals surface area contributed by atoms with E-state index in [0.717, 1.165) is 85.8 Å². The van der Waals surface area contributed by atoms with E-state index in [4.69, 9.17) is 33.7 Å². The van der Waals surface area contributed by atoms with E-state index >= 15 is 4.79 Å². The molecule has 13 heteroatoms. The molecule has 0 radical (unpaired) electrons. The van der Waals surface area contributed by atoms with Gasteiger partial charge in [-0.1, -0.05) is 131 Å². The Hall–Kier alpha value is -5.37. The average Bonchev–Trinajstić information content (AvgIpc) is 4.14. The van der Waals surface area contributed by atoms with E-state index in [1.807, 2.05) is 65.6 Å². The highest BCUT2D eigenvalue weighted by Gasteiger charge is 2.66. The van der Waals surface area contributed by atoms with E-state index < -0.39 is 23.8 Å². The molecule has 3 aromatic carbocycles. The van der Waals surface area contributed by atoms with Crippen molar-refractivity contribution in [2.45, 2.75) is 160 Å². The maximum atomic E-state index is 15.1. The van der Waals surface area contributed by atoms with E-state index in [1.165, 1.54) is 44.9 Å². The minimum absolute atomic E-state index is 0.00504. The largest absolute Gasteiger partial charge is 0.459 e. The zero-order valence-corrected chi connectivity index (χ0v) is 42.6. The van der Waals surface area contributed by atoms with Crippen LogP contribution in [0.2, 0.25) is 0 Å². The van der Waals surface area contributed by atoms with Crippen molar-refractivity contribution >= 4 is 17.7 Å². The molecule has 2 amide bonds. The topological polar surface area (TPSA) is 158 Å². The van der Waals surface area contributed by atoms with Gasteiger partial charge in [-0.3, -0.25) is 4.79 Å². The first-order valence-electron chi connectivity index (χ1n) is 27.3. The third kappa shape index (κ3) is 13.2. The van der Waals surface area contributed by atoms with E-state index in [0.29, 0.717) is 42.4 Å². The number of unbranched alkanes of at least 4 members (excludes halogenated alkanes) is 11. The first-order valence-corrected chi connectivity index (χ1v) is 27.3. The molecule has 2 saturated carbocycles. The Morgan fingerprint density at radius 2 is 1.56 bits per heavy atom. The number of fused-ring (bicyclic) bond motifs is 3. The summed E-state index contributed by atoms with van der Waals surface area (Å²) in [5.41, 5.74) is 4.39. The van der Waals surface area contributed by atoms with Gasteiger partial charge in [-0.25, -0.2) is 4.79 Å². The number of aliphatic hydroxyl groups excluding tert-OH is 2. The number of benzene rings is 3. The van der Waals surface area contributed by atoms with Crippen molar-refractivity contribution in [3.05, 3.63) is 108 Å². The molecule has 5 aliphatic rings. The lowest BCUT2D eigenvalue weighted by molar-refractivity contribution is -0.258. The molecule has 13 nitrogen and oxygen atoms in total. The Morgan fingerprint density at radius 1 is 0.833 bits per heavy atom. The molecule has 8 rings (SSSR count). The van der Waals surface area contributed by atoms with Gasteiger partial charge in [0.25, 0.3) is 0 Å². The molecule has 2 aliphatic heterocycles. The van der Waals surface area contributed by atoms with Gasteiger partial charge in [0.15, 0.2) is 11.5 Å². The number of nitrogens with one attached hydrogen (secondary N) is 1. The quantitative estimate of drug-likeness (QED) is 0.0334. The summed E-state index contributed by atoms with van der Waals surface area (Å²) in [7, 11) is 0. The van der Waals surface area contributed by atoms with Crippen LogP contribution in [0, 0.1) is 23.7 Å². The number of hydrogen-bond acceptors (Lipinski definition) is 11. The Bertz CT molecular complexity index is 2300. The van der Waals surface area contributed by atoms with Gasteiger partial charge in [-0.05, 0) is 104 Å². The number of allylic oxidation sites excluding steroid dienone is 1. The molecule has 3 aliphatic carbocycles. The van der Waals surface area contributed by atoms with Gasteiger partial charge in [0.05, 0.1) is 18.2 Å². The average molecular weight is 990 g/mol. The molecule has 3 N–H and O–H groups in total. The number of aliphatic hydroxyl groups is 2. The Morgan fingerprint density at radius 3 is 2.29 bits per heavy atom. The van der Waals surface area contributed by atoms with Crippen molar-refractivity contribution in [1.29, 1.82) is 0 Å². The lowest BCUT2D eigenvalue weighted by Crippen LogP contribution is -2.70. The van der Waals surface area contributed by atoms with Crippen LogP contribution < -0.4 is 24.3 Å².